The van der Waals surface area contributed by atoms with Crippen LogP contribution < -0.4 is 9.64 Å². The van der Waals surface area contributed by atoms with Gasteiger partial charge in [0.25, 0.3) is 5.72 Å². The number of ether oxygens (including phenoxy) is 1. The summed E-state index contributed by atoms with van der Waals surface area (Å²) in [6.07, 6.45) is 11.9. The summed E-state index contributed by atoms with van der Waals surface area (Å²) < 4.78 is 5.27. The summed E-state index contributed by atoms with van der Waals surface area (Å²) in [5, 5.41) is 4.43. The molecule has 0 saturated carbocycles. The maximum atomic E-state index is 5.95. The minimum absolute atomic E-state index is 0.757. The van der Waals surface area contributed by atoms with Crippen LogP contribution in [0.4, 0.5) is 5.69 Å². The maximum absolute atomic E-state index is 5.95. The fraction of sp³-hybridized carbons (Fsp3) is 0.136. The third-order valence-electron chi connectivity index (χ3n) is 4.48. The van der Waals surface area contributed by atoms with Crippen molar-refractivity contribution in [3.8, 4) is 5.75 Å². The van der Waals surface area contributed by atoms with Crippen LogP contribution in [0.15, 0.2) is 90.1 Å². The van der Waals surface area contributed by atoms with E-state index in [1.165, 1.54) is 5.56 Å². The fourth-order valence-electron chi connectivity index (χ4n) is 3.08. The van der Waals surface area contributed by atoms with Crippen molar-refractivity contribution in [3.63, 3.8) is 0 Å². The maximum Gasteiger partial charge on any atom is 0.254 e. The lowest BCUT2D eigenvalue weighted by Gasteiger charge is -2.32. The van der Waals surface area contributed by atoms with Gasteiger partial charge in [-0.2, -0.15) is 0 Å². The molecule has 0 atom stereocenters. The second kappa shape index (κ2) is 6.56. The largest absolute Gasteiger partial charge is 0.497 e. The molecule has 4 heteroatoms. The average Bonchev–Trinajstić information content (AvgIpc) is 2.87. The average molecular weight is 344 g/mol. The summed E-state index contributed by atoms with van der Waals surface area (Å²) in [5.41, 5.74) is 2.40. The van der Waals surface area contributed by atoms with E-state index < -0.39 is 5.72 Å². The number of amidine groups is 1. The van der Waals surface area contributed by atoms with E-state index in [0.717, 1.165) is 22.8 Å². The summed E-state index contributed by atoms with van der Waals surface area (Å²) in [6.45, 7) is 2.08. The van der Waals surface area contributed by atoms with E-state index in [4.69, 9.17) is 9.57 Å². The van der Waals surface area contributed by atoms with Gasteiger partial charge in [-0.15, -0.1) is 0 Å². The molecule has 1 heterocycles. The summed E-state index contributed by atoms with van der Waals surface area (Å²) in [4.78, 5) is 8.06. The van der Waals surface area contributed by atoms with Crippen molar-refractivity contribution in [1.82, 2.24) is 0 Å². The van der Waals surface area contributed by atoms with Gasteiger partial charge in [0.2, 0.25) is 0 Å². The molecule has 4 rings (SSSR count). The van der Waals surface area contributed by atoms with Crippen LogP contribution in [0.1, 0.15) is 11.1 Å². The predicted octanol–water partition coefficient (Wildman–Crippen LogP) is 4.58. The highest BCUT2D eigenvalue weighted by atomic mass is 16.7. The standard InChI is InChI=1S/C22H20N2O2/c1-17-7-11-19(12-8-17)24-21(18-9-13-20(25-2)14-10-18)23-26-22(24)15-5-3-4-6-16-22/h3-16H,1-2H3. The minimum Gasteiger partial charge on any atom is -0.497 e. The Labute approximate surface area is 153 Å². The third-order valence-corrected chi connectivity index (χ3v) is 4.48. The highest BCUT2D eigenvalue weighted by molar-refractivity contribution is 6.12. The lowest BCUT2D eigenvalue weighted by Crippen LogP contribution is -2.46. The molecule has 130 valence electrons. The van der Waals surface area contributed by atoms with Gasteiger partial charge < -0.3 is 9.57 Å². The van der Waals surface area contributed by atoms with Gasteiger partial charge in [-0.3, -0.25) is 4.90 Å². The first kappa shape index (κ1) is 16.2. The number of methoxy groups -OCH3 is 1. The number of rotatable bonds is 3. The topological polar surface area (TPSA) is 34.1 Å². The molecule has 2 aliphatic rings. The number of oxime groups is 1. The van der Waals surface area contributed by atoms with Gasteiger partial charge >= 0.3 is 0 Å². The lowest BCUT2D eigenvalue weighted by atomic mass is 10.1. The molecule has 1 spiro atoms. The second-order valence-corrected chi connectivity index (χ2v) is 6.26. The van der Waals surface area contributed by atoms with Crippen molar-refractivity contribution in [2.24, 2.45) is 5.16 Å². The van der Waals surface area contributed by atoms with Crippen LogP contribution in [0.2, 0.25) is 0 Å². The van der Waals surface area contributed by atoms with E-state index in [-0.39, 0.29) is 0 Å². The molecular formula is C22H20N2O2. The molecule has 26 heavy (non-hydrogen) atoms. The molecule has 0 saturated heterocycles. The molecule has 4 nitrogen and oxygen atoms in total. The van der Waals surface area contributed by atoms with Crippen molar-refractivity contribution in [1.29, 1.82) is 0 Å². The van der Waals surface area contributed by atoms with Crippen LogP contribution in [0.5, 0.6) is 5.75 Å². The Morgan fingerprint density at radius 3 is 2.15 bits per heavy atom. The molecule has 0 fully saturated rings. The number of allylic oxidation sites excluding steroid dienone is 4. The first-order valence-electron chi connectivity index (χ1n) is 8.53. The van der Waals surface area contributed by atoms with Crippen molar-refractivity contribution >= 4 is 11.5 Å². The molecular weight excluding hydrogens is 324 g/mol. The predicted molar refractivity (Wildman–Crippen MR) is 104 cm³/mol. The minimum atomic E-state index is -0.784. The molecule has 0 aromatic heterocycles. The number of aryl methyl sites for hydroxylation is 1. The van der Waals surface area contributed by atoms with Crippen LogP contribution in [0, 0.1) is 6.92 Å². The fourth-order valence-corrected chi connectivity index (χ4v) is 3.08. The van der Waals surface area contributed by atoms with E-state index in [1.54, 1.807) is 7.11 Å². The Morgan fingerprint density at radius 1 is 0.885 bits per heavy atom. The monoisotopic (exact) mass is 344 g/mol. The van der Waals surface area contributed by atoms with Gasteiger partial charge in [-0.1, -0.05) is 47.2 Å². The molecule has 1 aliphatic heterocycles. The number of hydrogen-bond acceptors (Lipinski definition) is 4. The molecule has 0 amide bonds. The van der Waals surface area contributed by atoms with Crippen LogP contribution in [-0.2, 0) is 4.84 Å². The summed E-state index contributed by atoms with van der Waals surface area (Å²) >= 11 is 0. The lowest BCUT2D eigenvalue weighted by molar-refractivity contribution is 0.0608. The van der Waals surface area contributed by atoms with E-state index in [2.05, 4.69) is 41.2 Å². The Bertz CT molecular complexity index is 890. The molecule has 0 radical (unpaired) electrons. The number of benzene rings is 2. The molecule has 2 aromatic carbocycles. The zero-order valence-electron chi connectivity index (χ0n) is 14.8. The van der Waals surface area contributed by atoms with E-state index in [0.29, 0.717) is 0 Å². The van der Waals surface area contributed by atoms with Crippen LogP contribution in [0.3, 0.4) is 0 Å². The Morgan fingerprint density at radius 2 is 1.54 bits per heavy atom. The SMILES string of the molecule is COc1ccc(C2=NOC3(C=CC=CC=C3)N2c2ccc(C)cc2)cc1. The van der Waals surface area contributed by atoms with Crippen molar-refractivity contribution in [2.75, 3.05) is 12.0 Å². The summed E-state index contributed by atoms with van der Waals surface area (Å²) in [5.74, 6) is 1.57. The smallest absolute Gasteiger partial charge is 0.254 e. The Hall–Kier alpha value is -3.27. The number of anilines is 1. The Balaban J connectivity index is 1.81. The summed E-state index contributed by atoms with van der Waals surface area (Å²) in [6, 6.07) is 16.2. The number of nitrogens with zero attached hydrogens (tertiary/aromatic N) is 2. The number of hydrogen-bond donors (Lipinski definition) is 0. The van der Waals surface area contributed by atoms with Gasteiger partial charge in [0.15, 0.2) is 5.84 Å². The third kappa shape index (κ3) is 2.80. The van der Waals surface area contributed by atoms with Gasteiger partial charge in [0.05, 0.1) is 7.11 Å². The van der Waals surface area contributed by atoms with Crippen LogP contribution in [0.25, 0.3) is 0 Å². The molecule has 0 unspecified atom stereocenters. The highest BCUT2D eigenvalue weighted by Crippen LogP contribution is 2.36. The van der Waals surface area contributed by atoms with Crippen LogP contribution >= 0.6 is 0 Å². The van der Waals surface area contributed by atoms with Gasteiger partial charge in [0, 0.05) is 11.3 Å². The van der Waals surface area contributed by atoms with E-state index >= 15 is 0 Å². The first-order chi connectivity index (χ1) is 12.7. The molecule has 0 N–H and O–H groups in total. The van der Waals surface area contributed by atoms with Crippen molar-refractivity contribution in [2.45, 2.75) is 12.6 Å². The van der Waals surface area contributed by atoms with Crippen molar-refractivity contribution < 1.29 is 9.57 Å². The normalized spacial score (nSPS) is 17.2. The zero-order valence-corrected chi connectivity index (χ0v) is 14.8. The van der Waals surface area contributed by atoms with Crippen LogP contribution in [-0.4, -0.2) is 18.7 Å². The van der Waals surface area contributed by atoms with Crippen molar-refractivity contribution in [3.05, 3.63) is 96.1 Å². The van der Waals surface area contributed by atoms with Gasteiger partial charge in [0.1, 0.15) is 5.75 Å². The quantitative estimate of drug-likeness (QED) is 0.817. The Kier molecular flexibility index (Phi) is 4.09. The van der Waals surface area contributed by atoms with Gasteiger partial charge in [-0.05, 0) is 55.5 Å². The zero-order chi connectivity index (χ0) is 18.0. The van der Waals surface area contributed by atoms with E-state index in [1.807, 2.05) is 60.7 Å². The second-order valence-electron chi connectivity index (χ2n) is 6.26. The summed E-state index contributed by atoms with van der Waals surface area (Å²) in [7, 11) is 1.66. The van der Waals surface area contributed by atoms with Gasteiger partial charge in [-0.25, -0.2) is 0 Å². The molecule has 0 bridgehead atoms. The highest BCUT2D eigenvalue weighted by Gasteiger charge is 2.43. The van der Waals surface area contributed by atoms with E-state index in [9.17, 15) is 0 Å². The first-order valence-corrected chi connectivity index (χ1v) is 8.53. The molecule has 2 aromatic rings. The molecule has 1 aliphatic carbocycles.